The maximum Gasteiger partial charge on any atom is 0.112 e. The van der Waals surface area contributed by atoms with Crippen LogP contribution in [-0.2, 0) is 11.3 Å². The summed E-state index contributed by atoms with van der Waals surface area (Å²) >= 11 is 0. The van der Waals surface area contributed by atoms with Crippen LogP contribution in [0.1, 0.15) is 11.8 Å². The number of nitrogens with zero attached hydrogens (tertiary/aromatic N) is 3. The molecule has 1 aliphatic heterocycles. The third kappa shape index (κ3) is 1.83. The van der Waals surface area contributed by atoms with Crippen molar-refractivity contribution in [1.82, 2.24) is 14.7 Å². The fraction of sp³-hybridized carbons (Fsp3) is 0.462. The highest BCUT2D eigenvalue weighted by molar-refractivity contribution is 5.82. The van der Waals surface area contributed by atoms with Crippen LogP contribution in [-0.4, -0.2) is 41.9 Å². The zero-order valence-corrected chi connectivity index (χ0v) is 10.3. The molecule has 0 saturated heterocycles. The standard InChI is InChI=1S/C13H17N3O/c1-15(2)9-12-13-10-5-3-4-6-11(10)14-16(13)7-8-17-12/h3-6,12H,7-9H2,1-2H3. The van der Waals surface area contributed by atoms with Gasteiger partial charge < -0.3 is 9.64 Å². The van der Waals surface area contributed by atoms with Gasteiger partial charge in [0.2, 0.25) is 0 Å². The smallest absolute Gasteiger partial charge is 0.112 e. The van der Waals surface area contributed by atoms with Gasteiger partial charge in [-0.15, -0.1) is 0 Å². The maximum atomic E-state index is 5.88. The van der Waals surface area contributed by atoms with E-state index in [0.717, 1.165) is 25.2 Å². The zero-order valence-electron chi connectivity index (χ0n) is 10.3. The fourth-order valence-electron chi connectivity index (χ4n) is 2.44. The van der Waals surface area contributed by atoms with Gasteiger partial charge in [0.1, 0.15) is 6.10 Å². The Labute approximate surface area is 101 Å². The van der Waals surface area contributed by atoms with Crippen LogP contribution in [0.15, 0.2) is 24.3 Å². The van der Waals surface area contributed by atoms with Gasteiger partial charge in [-0.1, -0.05) is 18.2 Å². The van der Waals surface area contributed by atoms with Crippen LogP contribution in [0.5, 0.6) is 0 Å². The van der Waals surface area contributed by atoms with Crippen molar-refractivity contribution in [2.24, 2.45) is 0 Å². The minimum Gasteiger partial charge on any atom is -0.369 e. The molecule has 0 spiro atoms. The summed E-state index contributed by atoms with van der Waals surface area (Å²) in [6.45, 7) is 2.50. The van der Waals surface area contributed by atoms with Crippen molar-refractivity contribution in [3.8, 4) is 0 Å². The van der Waals surface area contributed by atoms with Crippen LogP contribution in [0, 0.1) is 0 Å². The second-order valence-corrected chi connectivity index (χ2v) is 4.75. The lowest BCUT2D eigenvalue weighted by atomic mass is 10.1. The Balaban J connectivity index is 2.10. The molecule has 17 heavy (non-hydrogen) atoms. The van der Waals surface area contributed by atoms with Gasteiger partial charge in [-0.05, 0) is 20.2 Å². The van der Waals surface area contributed by atoms with Gasteiger partial charge in [0, 0.05) is 11.9 Å². The van der Waals surface area contributed by atoms with Crippen molar-refractivity contribution in [2.45, 2.75) is 12.6 Å². The first kappa shape index (κ1) is 10.7. The van der Waals surface area contributed by atoms with E-state index in [-0.39, 0.29) is 6.10 Å². The number of likely N-dealkylation sites (N-methyl/N-ethyl adjacent to an activating group) is 1. The van der Waals surface area contributed by atoms with Crippen LogP contribution in [0.2, 0.25) is 0 Å². The summed E-state index contributed by atoms with van der Waals surface area (Å²) in [7, 11) is 4.14. The van der Waals surface area contributed by atoms with E-state index in [9.17, 15) is 0 Å². The highest BCUT2D eigenvalue weighted by atomic mass is 16.5. The van der Waals surface area contributed by atoms with E-state index >= 15 is 0 Å². The Hall–Kier alpha value is -1.39. The molecule has 90 valence electrons. The number of hydrogen-bond donors (Lipinski definition) is 0. The van der Waals surface area contributed by atoms with Gasteiger partial charge in [0.05, 0.1) is 24.4 Å². The molecule has 1 atom stereocenters. The first-order valence-electron chi connectivity index (χ1n) is 5.97. The molecule has 0 N–H and O–H groups in total. The molecule has 4 heteroatoms. The predicted molar refractivity (Wildman–Crippen MR) is 67.0 cm³/mol. The lowest BCUT2D eigenvalue weighted by Gasteiger charge is -2.27. The average Bonchev–Trinajstić information content (AvgIpc) is 2.67. The Morgan fingerprint density at radius 2 is 2.24 bits per heavy atom. The topological polar surface area (TPSA) is 30.3 Å². The second kappa shape index (κ2) is 4.13. The van der Waals surface area contributed by atoms with Crippen LogP contribution in [0.3, 0.4) is 0 Å². The van der Waals surface area contributed by atoms with Crippen molar-refractivity contribution in [1.29, 1.82) is 0 Å². The normalized spacial score (nSPS) is 19.8. The van der Waals surface area contributed by atoms with Crippen LogP contribution in [0.25, 0.3) is 10.9 Å². The van der Waals surface area contributed by atoms with Gasteiger partial charge in [0.15, 0.2) is 0 Å². The lowest BCUT2D eigenvalue weighted by Crippen LogP contribution is -2.29. The highest BCUT2D eigenvalue weighted by Gasteiger charge is 2.25. The van der Waals surface area contributed by atoms with Crippen molar-refractivity contribution < 1.29 is 4.74 Å². The molecular weight excluding hydrogens is 214 g/mol. The van der Waals surface area contributed by atoms with Gasteiger partial charge in [-0.25, -0.2) is 0 Å². The monoisotopic (exact) mass is 231 g/mol. The molecule has 1 aromatic heterocycles. The quantitative estimate of drug-likeness (QED) is 0.787. The van der Waals surface area contributed by atoms with Crippen LogP contribution < -0.4 is 0 Å². The molecule has 1 aliphatic rings. The highest BCUT2D eigenvalue weighted by Crippen LogP contribution is 2.29. The summed E-state index contributed by atoms with van der Waals surface area (Å²) in [5, 5.41) is 5.85. The van der Waals surface area contributed by atoms with Crippen molar-refractivity contribution in [2.75, 3.05) is 27.2 Å². The number of ether oxygens (including phenoxy) is 1. The summed E-state index contributed by atoms with van der Waals surface area (Å²) in [6, 6.07) is 8.29. The Morgan fingerprint density at radius 1 is 1.41 bits per heavy atom. The predicted octanol–water partition coefficient (Wildman–Crippen LogP) is 1.67. The number of rotatable bonds is 2. The number of hydrogen-bond acceptors (Lipinski definition) is 3. The summed E-state index contributed by atoms with van der Waals surface area (Å²) in [6.07, 6.45) is 0.131. The molecule has 4 nitrogen and oxygen atoms in total. The van der Waals surface area contributed by atoms with Gasteiger partial charge >= 0.3 is 0 Å². The Bertz CT molecular complexity index is 532. The first-order chi connectivity index (χ1) is 8.25. The van der Waals surface area contributed by atoms with E-state index in [2.05, 4.69) is 47.0 Å². The molecular formula is C13H17N3O. The molecule has 3 rings (SSSR count). The average molecular weight is 231 g/mol. The third-order valence-electron chi connectivity index (χ3n) is 3.14. The van der Waals surface area contributed by atoms with Crippen LogP contribution >= 0.6 is 0 Å². The molecule has 2 aromatic rings. The number of benzene rings is 1. The minimum atomic E-state index is 0.131. The van der Waals surface area contributed by atoms with E-state index in [0.29, 0.717) is 0 Å². The summed E-state index contributed by atoms with van der Waals surface area (Å²) in [4.78, 5) is 2.15. The SMILES string of the molecule is CN(C)CC1OCCn2nc3ccccc3c21. The molecule has 0 amide bonds. The van der Waals surface area contributed by atoms with Crippen molar-refractivity contribution >= 4 is 10.9 Å². The van der Waals surface area contributed by atoms with Crippen LogP contribution in [0.4, 0.5) is 0 Å². The van der Waals surface area contributed by atoms with E-state index in [4.69, 9.17) is 4.74 Å². The lowest BCUT2D eigenvalue weighted by molar-refractivity contribution is 0.00345. The summed E-state index contributed by atoms with van der Waals surface area (Å²) < 4.78 is 7.98. The van der Waals surface area contributed by atoms with Gasteiger partial charge in [-0.3, -0.25) is 4.68 Å². The molecule has 0 fully saturated rings. The number of aromatic nitrogens is 2. The minimum absolute atomic E-state index is 0.131. The summed E-state index contributed by atoms with van der Waals surface area (Å²) in [5.41, 5.74) is 2.29. The van der Waals surface area contributed by atoms with E-state index in [1.54, 1.807) is 0 Å². The van der Waals surface area contributed by atoms with E-state index < -0.39 is 0 Å². The molecule has 1 aromatic carbocycles. The molecule has 0 saturated carbocycles. The van der Waals surface area contributed by atoms with Crippen molar-refractivity contribution in [3.05, 3.63) is 30.0 Å². The second-order valence-electron chi connectivity index (χ2n) is 4.75. The van der Waals surface area contributed by atoms with Gasteiger partial charge in [-0.2, -0.15) is 5.10 Å². The third-order valence-corrected chi connectivity index (χ3v) is 3.14. The first-order valence-corrected chi connectivity index (χ1v) is 5.97. The fourth-order valence-corrected chi connectivity index (χ4v) is 2.44. The zero-order chi connectivity index (χ0) is 11.8. The Morgan fingerprint density at radius 3 is 3.06 bits per heavy atom. The Kier molecular flexibility index (Phi) is 2.61. The molecule has 2 heterocycles. The van der Waals surface area contributed by atoms with E-state index in [1.165, 1.54) is 11.1 Å². The molecule has 0 bridgehead atoms. The summed E-state index contributed by atoms with van der Waals surface area (Å²) in [5.74, 6) is 0. The molecule has 1 unspecified atom stereocenters. The largest absolute Gasteiger partial charge is 0.369 e. The molecule has 0 aliphatic carbocycles. The van der Waals surface area contributed by atoms with E-state index in [1.807, 2.05) is 6.07 Å². The maximum absolute atomic E-state index is 5.88. The van der Waals surface area contributed by atoms with Gasteiger partial charge in [0.25, 0.3) is 0 Å². The van der Waals surface area contributed by atoms with Crippen molar-refractivity contribution in [3.63, 3.8) is 0 Å². The molecule has 0 radical (unpaired) electrons. The number of fused-ring (bicyclic) bond motifs is 3.